The Morgan fingerprint density at radius 3 is 2.00 bits per heavy atom. The molecule has 0 N–H and O–H groups in total. The van der Waals surface area contributed by atoms with E-state index in [4.69, 9.17) is 0 Å². The SMILES string of the molecule is Cc1ccc(C2(C)CCC23CCCCC3)cc1. The minimum absolute atomic E-state index is 0.473. The van der Waals surface area contributed by atoms with Crippen molar-refractivity contribution in [3.05, 3.63) is 35.4 Å². The molecule has 1 aromatic carbocycles. The molecule has 2 saturated carbocycles. The van der Waals surface area contributed by atoms with Crippen molar-refractivity contribution in [3.8, 4) is 0 Å². The molecule has 0 aromatic heterocycles. The van der Waals surface area contributed by atoms with Crippen LogP contribution in [0.2, 0.25) is 0 Å². The van der Waals surface area contributed by atoms with Gasteiger partial charge in [0.1, 0.15) is 0 Å². The Bertz CT molecular complexity index is 395. The molecule has 17 heavy (non-hydrogen) atoms. The van der Waals surface area contributed by atoms with Crippen LogP contribution in [0.15, 0.2) is 24.3 Å². The topological polar surface area (TPSA) is 0 Å². The summed E-state index contributed by atoms with van der Waals surface area (Å²) in [5.41, 5.74) is 4.10. The molecular weight excluding hydrogens is 204 g/mol. The maximum Gasteiger partial charge on any atom is -0.00187 e. The Labute approximate surface area is 105 Å². The van der Waals surface area contributed by atoms with Crippen molar-refractivity contribution >= 4 is 0 Å². The van der Waals surface area contributed by atoms with E-state index in [1.54, 1.807) is 5.56 Å². The van der Waals surface area contributed by atoms with Gasteiger partial charge in [0.25, 0.3) is 0 Å². The predicted octanol–water partition coefficient (Wildman–Crippen LogP) is 5.00. The monoisotopic (exact) mass is 228 g/mol. The van der Waals surface area contributed by atoms with E-state index in [1.807, 2.05) is 0 Å². The molecule has 0 heterocycles. The minimum Gasteiger partial charge on any atom is -0.0590 e. The molecule has 1 unspecified atom stereocenters. The lowest BCUT2D eigenvalue weighted by Gasteiger charge is -2.60. The highest BCUT2D eigenvalue weighted by molar-refractivity contribution is 5.34. The zero-order chi connectivity index (χ0) is 11.9. The molecule has 2 fully saturated rings. The fraction of sp³-hybridized carbons (Fsp3) is 0.647. The molecule has 1 spiro atoms. The molecule has 0 amide bonds. The van der Waals surface area contributed by atoms with Crippen LogP contribution in [0.4, 0.5) is 0 Å². The first-order valence-electron chi connectivity index (χ1n) is 7.24. The van der Waals surface area contributed by atoms with Gasteiger partial charge in [-0.05, 0) is 49.0 Å². The fourth-order valence-corrected chi connectivity index (χ4v) is 4.26. The van der Waals surface area contributed by atoms with Crippen molar-refractivity contribution in [3.63, 3.8) is 0 Å². The van der Waals surface area contributed by atoms with Crippen LogP contribution in [0.25, 0.3) is 0 Å². The third-order valence-electron chi connectivity index (χ3n) is 5.77. The summed E-state index contributed by atoms with van der Waals surface area (Å²) in [6.07, 6.45) is 10.2. The highest BCUT2D eigenvalue weighted by atomic mass is 14.6. The largest absolute Gasteiger partial charge is 0.0590 e. The molecule has 1 atom stereocenters. The molecule has 92 valence electrons. The summed E-state index contributed by atoms with van der Waals surface area (Å²) < 4.78 is 0. The van der Waals surface area contributed by atoms with E-state index in [9.17, 15) is 0 Å². The molecule has 0 aliphatic heterocycles. The van der Waals surface area contributed by atoms with E-state index in [-0.39, 0.29) is 0 Å². The van der Waals surface area contributed by atoms with Gasteiger partial charge >= 0.3 is 0 Å². The summed E-state index contributed by atoms with van der Waals surface area (Å²) in [4.78, 5) is 0. The van der Waals surface area contributed by atoms with Crippen molar-refractivity contribution in [1.29, 1.82) is 0 Å². The third kappa shape index (κ3) is 1.57. The second kappa shape index (κ2) is 3.86. The van der Waals surface area contributed by atoms with Crippen LogP contribution in [0, 0.1) is 12.3 Å². The van der Waals surface area contributed by atoms with Crippen LogP contribution in [0.1, 0.15) is 63.0 Å². The number of benzene rings is 1. The van der Waals surface area contributed by atoms with E-state index in [0.717, 1.165) is 0 Å². The van der Waals surface area contributed by atoms with E-state index < -0.39 is 0 Å². The maximum atomic E-state index is 2.52. The summed E-state index contributed by atoms with van der Waals surface area (Å²) in [5.74, 6) is 0. The molecule has 1 aromatic rings. The lowest BCUT2D eigenvalue weighted by atomic mass is 9.44. The Morgan fingerprint density at radius 1 is 0.824 bits per heavy atom. The summed E-state index contributed by atoms with van der Waals surface area (Å²) in [7, 11) is 0. The summed E-state index contributed by atoms with van der Waals surface area (Å²) in [5, 5.41) is 0. The van der Waals surface area contributed by atoms with Crippen LogP contribution in [0.3, 0.4) is 0 Å². The van der Waals surface area contributed by atoms with Gasteiger partial charge < -0.3 is 0 Å². The van der Waals surface area contributed by atoms with Gasteiger partial charge in [0, 0.05) is 0 Å². The molecule has 0 radical (unpaired) electrons. The molecule has 3 rings (SSSR count). The first-order chi connectivity index (χ1) is 8.16. The number of hydrogen-bond donors (Lipinski definition) is 0. The normalized spacial score (nSPS) is 31.2. The van der Waals surface area contributed by atoms with Gasteiger partial charge in [0.2, 0.25) is 0 Å². The van der Waals surface area contributed by atoms with Crippen LogP contribution in [0.5, 0.6) is 0 Å². The van der Waals surface area contributed by atoms with Crippen LogP contribution in [-0.4, -0.2) is 0 Å². The van der Waals surface area contributed by atoms with Gasteiger partial charge in [-0.25, -0.2) is 0 Å². The van der Waals surface area contributed by atoms with Gasteiger partial charge in [-0.15, -0.1) is 0 Å². The fourth-order valence-electron chi connectivity index (χ4n) is 4.26. The van der Waals surface area contributed by atoms with Gasteiger partial charge in [-0.3, -0.25) is 0 Å². The molecular formula is C17H24. The lowest BCUT2D eigenvalue weighted by Crippen LogP contribution is -2.53. The highest BCUT2D eigenvalue weighted by Gasteiger charge is 2.55. The number of aryl methyl sites for hydroxylation is 1. The van der Waals surface area contributed by atoms with Crippen LogP contribution >= 0.6 is 0 Å². The summed E-state index contributed by atoms with van der Waals surface area (Å²) >= 11 is 0. The van der Waals surface area contributed by atoms with Crippen molar-refractivity contribution in [2.24, 2.45) is 5.41 Å². The minimum atomic E-state index is 0.473. The molecule has 2 aliphatic carbocycles. The first kappa shape index (κ1) is 11.3. The van der Waals surface area contributed by atoms with Gasteiger partial charge in [-0.2, -0.15) is 0 Å². The van der Waals surface area contributed by atoms with E-state index in [0.29, 0.717) is 10.8 Å². The van der Waals surface area contributed by atoms with Gasteiger partial charge in [0.15, 0.2) is 0 Å². The smallest absolute Gasteiger partial charge is 0.00187 e. The summed E-state index contributed by atoms with van der Waals surface area (Å²) in [6, 6.07) is 9.33. The predicted molar refractivity (Wildman–Crippen MR) is 73.3 cm³/mol. The Hall–Kier alpha value is -0.780. The van der Waals surface area contributed by atoms with Crippen LogP contribution < -0.4 is 0 Å². The average Bonchev–Trinajstić information content (AvgIpc) is 2.38. The first-order valence-corrected chi connectivity index (χ1v) is 7.24. The highest BCUT2D eigenvalue weighted by Crippen LogP contribution is 2.64. The quantitative estimate of drug-likeness (QED) is 0.634. The van der Waals surface area contributed by atoms with Crippen molar-refractivity contribution < 1.29 is 0 Å². The molecule has 0 heteroatoms. The van der Waals surface area contributed by atoms with E-state index >= 15 is 0 Å². The second-order valence-electron chi connectivity index (χ2n) is 6.54. The Kier molecular flexibility index (Phi) is 2.57. The third-order valence-corrected chi connectivity index (χ3v) is 5.77. The lowest BCUT2D eigenvalue weighted by molar-refractivity contribution is -0.0320. The zero-order valence-electron chi connectivity index (χ0n) is 11.3. The second-order valence-corrected chi connectivity index (χ2v) is 6.54. The van der Waals surface area contributed by atoms with E-state index in [1.165, 1.54) is 50.5 Å². The number of hydrogen-bond acceptors (Lipinski definition) is 0. The number of rotatable bonds is 1. The standard InChI is InChI=1S/C17H24/c1-14-6-8-15(9-7-14)16(2)12-13-17(16)10-4-3-5-11-17/h6-9H,3-5,10-13H2,1-2H3. The van der Waals surface area contributed by atoms with Crippen LogP contribution in [-0.2, 0) is 5.41 Å². The van der Waals surface area contributed by atoms with Gasteiger partial charge in [-0.1, -0.05) is 56.0 Å². The van der Waals surface area contributed by atoms with Gasteiger partial charge in [0.05, 0.1) is 0 Å². The molecule has 0 bridgehead atoms. The van der Waals surface area contributed by atoms with E-state index in [2.05, 4.69) is 38.1 Å². The maximum absolute atomic E-state index is 2.52. The van der Waals surface area contributed by atoms with Crippen molar-refractivity contribution in [2.75, 3.05) is 0 Å². The summed E-state index contributed by atoms with van der Waals surface area (Å²) in [6.45, 7) is 4.70. The average molecular weight is 228 g/mol. The molecule has 0 saturated heterocycles. The van der Waals surface area contributed by atoms with Crippen molar-refractivity contribution in [2.45, 2.75) is 64.2 Å². The zero-order valence-corrected chi connectivity index (χ0v) is 11.3. The van der Waals surface area contributed by atoms with Crippen molar-refractivity contribution in [1.82, 2.24) is 0 Å². The Morgan fingerprint density at radius 2 is 1.47 bits per heavy atom. The molecule has 2 aliphatic rings. The molecule has 0 nitrogen and oxygen atoms in total. The Balaban J connectivity index is 1.92.